The van der Waals surface area contributed by atoms with Gasteiger partial charge in [0.05, 0.1) is 0 Å². The van der Waals surface area contributed by atoms with Crippen LogP contribution < -0.4 is 5.32 Å². The molecule has 3 heterocycles. The third-order valence-electron chi connectivity index (χ3n) is 4.66. The smallest absolute Gasteiger partial charge is 0.227 e. The Bertz CT molecular complexity index is 648. The summed E-state index contributed by atoms with van der Waals surface area (Å²) < 4.78 is 5.21. The van der Waals surface area contributed by atoms with Gasteiger partial charge in [-0.05, 0) is 56.3 Å². The Morgan fingerprint density at radius 2 is 2.28 bits per heavy atom. The van der Waals surface area contributed by atoms with Gasteiger partial charge in [-0.15, -0.1) is 0 Å². The first-order chi connectivity index (χ1) is 12.2. The van der Waals surface area contributed by atoms with E-state index in [0.29, 0.717) is 24.6 Å². The van der Waals surface area contributed by atoms with Crippen molar-refractivity contribution in [3.63, 3.8) is 0 Å². The highest BCUT2D eigenvalue weighted by molar-refractivity contribution is 7.08. The fourth-order valence-electron chi connectivity index (χ4n) is 2.99. The van der Waals surface area contributed by atoms with Crippen molar-refractivity contribution in [1.29, 1.82) is 0 Å². The molecule has 0 aromatic carbocycles. The highest BCUT2D eigenvalue weighted by atomic mass is 32.1. The second-order valence-corrected chi connectivity index (χ2v) is 7.53. The van der Waals surface area contributed by atoms with E-state index in [1.807, 2.05) is 16.8 Å². The summed E-state index contributed by atoms with van der Waals surface area (Å²) in [5.74, 6) is 2.01. The van der Waals surface area contributed by atoms with E-state index in [4.69, 9.17) is 4.52 Å². The number of likely N-dealkylation sites (tertiary alicyclic amines) is 1. The number of rotatable bonds is 8. The van der Waals surface area contributed by atoms with E-state index in [9.17, 15) is 4.79 Å². The first-order valence-electron chi connectivity index (χ1n) is 9.05. The Hall–Kier alpha value is -1.73. The first-order valence-corrected chi connectivity index (χ1v) is 9.99. The summed E-state index contributed by atoms with van der Waals surface area (Å²) in [7, 11) is 0. The van der Waals surface area contributed by atoms with Crippen LogP contribution in [0.5, 0.6) is 0 Å². The molecule has 1 saturated heterocycles. The van der Waals surface area contributed by atoms with Crippen molar-refractivity contribution in [2.24, 2.45) is 5.92 Å². The molecule has 2 aromatic heterocycles. The third-order valence-corrected chi connectivity index (χ3v) is 5.35. The van der Waals surface area contributed by atoms with Crippen LogP contribution >= 0.6 is 11.3 Å². The Morgan fingerprint density at radius 3 is 3.04 bits per heavy atom. The number of amides is 1. The van der Waals surface area contributed by atoms with Gasteiger partial charge in [-0.1, -0.05) is 12.1 Å². The topological polar surface area (TPSA) is 71.3 Å². The zero-order chi connectivity index (χ0) is 17.5. The van der Waals surface area contributed by atoms with E-state index in [-0.39, 0.29) is 5.91 Å². The van der Waals surface area contributed by atoms with Crippen molar-refractivity contribution in [1.82, 2.24) is 20.4 Å². The molecule has 0 unspecified atom stereocenters. The molecule has 25 heavy (non-hydrogen) atoms. The van der Waals surface area contributed by atoms with Crippen molar-refractivity contribution in [2.45, 2.75) is 39.0 Å². The molecule has 0 saturated carbocycles. The number of carbonyl (C=O) groups is 1. The van der Waals surface area contributed by atoms with Gasteiger partial charge < -0.3 is 14.7 Å². The van der Waals surface area contributed by atoms with Gasteiger partial charge in [-0.2, -0.15) is 16.3 Å². The number of hydrogen-bond donors (Lipinski definition) is 1. The molecule has 136 valence electrons. The van der Waals surface area contributed by atoms with Gasteiger partial charge in [0.15, 0.2) is 0 Å². The molecule has 1 amide bonds. The second kappa shape index (κ2) is 9.10. The molecule has 1 N–H and O–H groups in total. The molecule has 7 heteroatoms. The number of piperidine rings is 1. The molecule has 2 aromatic rings. The van der Waals surface area contributed by atoms with Crippen LogP contribution in [-0.2, 0) is 11.2 Å². The van der Waals surface area contributed by atoms with Crippen LogP contribution in [0.3, 0.4) is 0 Å². The number of nitrogens with one attached hydrogen (secondary N) is 1. The molecule has 1 aliphatic heterocycles. The van der Waals surface area contributed by atoms with E-state index in [0.717, 1.165) is 31.0 Å². The number of carbonyl (C=O) groups excluding carboxylic acids is 1. The first kappa shape index (κ1) is 18.1. The molecule has 0 aliphatic carbocycles. The average molecular weight is 362 g/mol. The zero-order valence-corrected chi connectivity index (χ0v) is 15.6. The van der Waals surface area contributed by atoms with Crippen LogP contribution in [0.25, 0.3) is 11.4 Å². The normalized spacial score (nSPS) is 16.2. The summed E-state index contributed by atoms with van der Waals surface area (Å²) >= 11 is 1.59. The average Bonchev–Trinajstić information content (AvgIpc) is 3.29. The second-order valence-electron chi connectivity index (χ2n) is 6.75. The van der Waals surface area contributed by atoms with Crippen LogP contribution in [0.1, 0.15) is 38.5 Å². The summed E-state index contributed by atoms with van der Waals surface area (Å²) in [5.41, 5.74) is 0.955. The SMILES string of the molecule is CC1CCN(CCCNC(=O)CCc2nc(-c3ccsc3)no2)CC1. The lowest BCUT2D eigenvalue weighted by molar-refractivity contribution is -0.121. The number of aryl methyl sites for hydroxylation is 1. The van der Waals surface area contributed by atoms with Gasteiger partial charge >= 0.3 is 0 Å². The molecule has 3 rings (SSSR count). The fourth-order valence-corrected chi connectivity index (χ4v) is 3.62. The van der Waals surface area contributed by atoms with Gasteiger partial charge in [-0.3, -0.25) is 4.79 Å². The Labute approximate surface area is 152 Å². The minimum atomic E-state index is 0.0440. The Morgan fingerprint density at radius 1 is 1.44 bits per heavy atom. The minimum Gasteiger partial charge on any atom is -0.356 e. The molecule has 0 bridgehead atoms. The van der Waals surface area contributed by atoms with Crippen LogP contribution in [0.2, 0.25) is 0 Å². The van der Waals surface area contributed by atoms with Crippen molar-refractivity contribution >= 4 is 17.2 Å². The summed E-state index contributed by atoms with van der Waals surface area (Å²) in [6.45, 7) is 6.51. The standard InChI is InChI=1S/C18H26N4O2S/c1-14-5-10-22(11-6-14)9-2-8-19-16(23)3-4-17-20-18(21-24-17)15-7-12-25-13-15/h7,12-14H,2-6,8-11H2,1H3,(H,19,23). The largest absolute Gasteiger partial charge is 0.356 e. The number of aromatic nitrogens is 2. The molecule has 6 nitrogen and oxygen atoms in total. The third kappa shape index (κ3) is 5.64. The molecule has 0 atom stereocenters. The molecule has 1 aliphatic rings. The maximum Gasteiger partial charge on any atom is 0.227 e. The van der Waals surface area contributed by atoms with Crippen LogP contribution in [-0.4, -0.2) is 47.1 Å². The highest BCUT2D eigenvalue weighted by Gasteiger charge is 2.15. The van der Waals surface area contributed by atoms with Crippen LogP contribution in [0.4, 0.5) is 0 Å². The lowest BCUT2D eigenvalue weighted by atomic mass is 9.99. The predicted octanol–water partition coefficient (Wildman–Crippen LogP) is 2.97. The molecular weight excluding hydrogens is 336 g/mol. The summed E-state index contributed by atoms with van der Waals surface area (Å²) in [4.78, 5) is 18.8. The lowest BCUT2D eigenvalue weighted by Crippen LogP contribution is -2.35. The molecular formula is C18H26N4O2S. The lowest BCUT2D eigenvalue weighted by Gasteiger charge is -2.30. The minimum absolute atomic E-state index is 0.0440. The predicted molar refractivity (Wildman–Crippen MR) is 98.4 cm³/mol. The van der Waals surface area contributed by atoms with Gasteiger partial charge in [0, 0.05) is 30.3 Å². The van der Waals surface area contributed by atoms with Crippen molar-refractivity contribution < 1.29 is 9.32 Å². The van der Waals surface area contributed by atoms with Crippen LogP contribution in [0.15, 0.2) is 21.3 Å². The Kier molecular flexibility index (Phi) is 6.58. The highest BCUT2D eigenvalue weighted by Crippen LogP contribution is 2.19. The van der Waals surface area contributed by atoms with E-state index in [1.54, 1.807) is 11.3 Å². The van der Waals surface area contributed by atoms with Crippen LogP contribution in [0, 0.1) is 5.92 Å². The quantitative estimate of drug-likeness (QED) is 0.731. The van der Waals surface area contributed by atoms with Gasteiger partial charge in [0.25, 0.3) is 0 Å². The molecule has 1 fully saturated rings. The molecule has 0 radical (unpaired) electrons. The van der Waals surface area contributed by atoms with E-state index < -0.39 is 0 Å². The van der Waals surface area contributed by atoms with Gasteiger partial charge in [0.2, 0.25) is 17.6 Å². The van der Waals surface area contributed by atoms with E-state index >= 15 is 0 Å². The van der Waals surface area contributed by atoms with E-state index in [1.165, 1.54) is 25.9 Å². The summed E-state index contributed by atoms with van der Waals surface area (Å²) in [6.07, 6.45) is 4.45. The number of thiophene rings is 1. The maximum absolute atomic E-state index is 11.9. The molecule has 0 spiro atoms. The Balaban J connectivity index is 1.29. The van der Waals surface area contributed by atoms with Crippen molar-refractivity contribution in [2.75, 3.05) is 26.2 Å². The zero-order valence-electron chi connectivity index (χ0n) is 14.7. The van der Waals surface area contributed by atoms with Gasteiger partial charge in [0.1, 0.15) is 0 Å². The summed E-state index contributed by atoms with van der Waals surface area (Å²) in [5, 5.41) is 10.9. The van der Waals surface area contributed by atoms with Crippen molar-refractivity contribution in [3.05, 3.63) is 22.7 Å². The number of hydrogen-bond acceptors (Lipinski definition) is 6. The van der Waals surface area contributed by atoms with Crippen molar-refractivity contribution in [3.8, 4) is 11.4 Å². The van der Waals surface area contributed by atoms with E-state index in [2.05, 4.69) is 27.3 Å². The summed E-state index contributed by atoms with van der Waals surface area (Å²) in [6, 6.07) is 1.95. The van der Waals surface area contributed by atoms with Gasteiger partial charge in [-0.25, -0.2) is 0 Å². The number of nitrogens with zero attached hydrogens (tertiary/aromatic N) is 3. The monoisotopic (exact) mass is 362 g/mol. The maximum atomic E-state index is 11.9. The fraction of sp³-hybridized carbons (Fsp3) is 0.611.